The number of hydrogen-bond donors (Lipinski definition) is 0. The van der Waals surface area contributed by atoms with Gasteiger partial charge in [-0.25, -0.2) is 0 Å². The van der Waals surface area contributed by atoms with Crippen molar-refractivity contribution in [3.05, 3.63) is 101 Å². The van der Waals surface area contributed by atoms with Crippen molar-refractivity contribution >= 4 is 11.5 Å². The van der Waals surface area contributed by atoms with E-state index in [1.54, 1.807) is 7.11 Å². The molecule has 0 fully saturated rings. The van der Waals surface area contributed by atoms with E-state index in [-0.39, 0.29) is 11.9 Å². The van der Waals surface area contributed by atoms with Gasteiger partial charge in [0.2, 0.25) is 0 Å². The first-order chi connectivity index (χ1) is 13.7. The van der Waals surface area contributed by atoms with Crippen LogP contribution >= 0.6 is 0 Å². The Bertz CT molecular complexity index is 994. The van der Waals surface area contributed by atoms with Gasteiger partial charge in [0, 0.05) is 29.5 Å². The highest BCUT2D eigenvalue weighted by molar-refractivity contribution is 6.17. The first-order valence-corrected chi connectivity index (χ1v) is 9.29. The minimum absolute atomic E-state index is 0.00231. The highest BCUT2D eigenvalue weighted by Gasteiger charge is 2.25. The second-order valence-electron chi connectivity index (χ2n) is 6.76. The number of rotatable bonds is 6. The Balaban J connectivity index is 1.50. The van der Waals surface area contributed by atoms with Crippen LogP contribution in [0.2, 0.25) is 0 Å². The van der Waals surface area contributed by atoms with E-state index in [1.807, 2.05) is 78.9 Å². The van der Waals surface area contributed by atoms with Gasteiger partial charge in [-0.1, -0.05) is 71.9 Å². The van der Waals surface area contributed by atoms with Gasteiger partial charge in [-0.3, -0.25) is 4.79 Å². The lowest BCUT2D eigenvalue weighted by molar-refractivity contribution is 0.0859. The number of carbonyl (C=O) groups is 1. The first kappa shape index (κ1) is 18.0. The van der Waals surface area contributed by atoms with Crippen LogP contribution in [0.4, 0.5) is 0 Å². The Morgan fingerprint density at radius 2 is 1.71 bits per heavy atom. The minimum Gasteiger partial charge on any atom is -0.497 e. The fourth-order valence-corrected chi connectivity index (χ4v) is 3.40. The highest BCUT2D eigenvalue weighted by Crippen LogP contribution is 2.24. The quantitative estimate of drug-likeness (QED) is 0.592. The van der Waals surface area contributed by atoms with Crippen LogP contribution in [0.5, 0.6) is 5.75 Å². The SMILES string of the molecule is COc1ccc(CC2CC(c3ccccc3C(=O)c3ccccc3)=NO2)cc1. The second kappa shape index (κ2) is 8.09. The third kappa shape index (κ3) is 3.81. The number of methoxy groups -OCH3 is 1. The van der Waals surface area contributed by atoms with Crippen LogP contribution in [0, 0.1) is 0 Å². The molecule has 0 N–H and O–H groups in total. The average Bonchev–Trinajstić information content (AvgIpc) is 3.23. The summed E-state index contributed by atoms with van der Waals surface area (Å²) in [4.78, 5) is 18.6. The summed E-state index contributed by atoms with van der Waals surface area (Å²) in [6, 6.07) is 24.9. The van der Waals surface area contributed by atoms with Gasteiger partial charge in [-0.15, -0.1) is 0 Å². The van der Waals surface area contributed by atoms with Crippen molar-refractivity contribution in [3.63, 3.8) is 0 Å². The van der Waals surface area contributed by atoms with E-state index in [9.17, 15) is 4.79 Å². The van der Waals surface area contributed by atoms with Crippen LogP contribution in [-0.4, -0.2) is 24.7 Å². The smallest absolute Gasteiger partial charge is 0.193 e. The summed E-state index contributed by atoms with van der Waals surface area (Å²) in [6.07, 6.45) is 1.39. The van der Waals surface area contributed by atoms with Crippen molar-refractivity contribution in [2.45, 2.75) is 18.9 Å². The molecule has 28 heavy (non-hydrogen) atoms. The molecule has 0 radical (unpaired) electrons. The summed E-state index contributed by atoms with van der Waals surface area (Å²) < 4.78 is 5.20. The zero-order valence-corrected chi connectivity index (χ0v) is 15.7. The van der Waals surface area contributed by atoms with Crippen LogP contribution < -0.4 is 4.74 Å². The molecule has 1 heterocycles. The third-order valence-corrected chi connectivity index (χ3v) is 4.87. The molecule has 0 aromatic heterocycles. The maximum absolute atomic E-state index is 12.9. The van der Waals surface area contributed by atoms with E-state index in [0.29, 0.717) is 17.5 Å². The van der Waals surface area contributed by atoms with Crippen molar-refractivity contribution in [1.82, 2.24) is 0 Å². The van der Waals surface area contributed by atoms with Gasteiger partial charge in [-0.2, -0.15) is 0 Å². The van der Waals surface area contributed by atoms with Crippen molar-refractivity contribution in [2.75, 3.05) is 7.11 Å². The monoisotopic (exact) mass is 371 g/mol. The molecule has 4 rings (SSSR count). The molecular formula is C24H21NO3. The van der Waals surface area contributed by atoms with Crippen LogP contribution in [0.3, 0.4) is 0 Å². The van der Waals surface area contributed by atoms with Crippen LogP contribution in [0.25, 0.3) is 0 Å². The standard InChI is InChI=1S/C24H21NO3/c1-27-19-13-11-17(12-14-19)15-20-16-23(25-28-20)21-9-5-6-10-22(21)24(26)18-7-3-2-4-8-18/h2-14,20H,15-16H2,1H3. The third-order valence-electron chi connectivity index (χ3n) is 4.87. The highest BCUT2D eigenvalue weighted by atomic mass is 16.6. The van der Waals surface area contributed by atoms with Gasteiger partial charge in [0.25, 0.3) is 0 Å². The van der Waals surface area contributed by atoms with Crippen molar-refractivity contribution < 1.29 is 14.4 Å². The lowest BCUT2D eigenvalue weighted by atomic mass is 9.93. The minimum atomic E-state index is -0.0386. The lowest BCUT2D eigenvalue weighted by Crippen LogP contribution is -2.14. The number of carbonyl (C=O) groups excluding carboxylic acids is 1. The molecule has 1 atom stereocenters. The van der Waals surface area contributed by atoms with E-state index in [1.165, 1.54) is 0 Å². The molecule has 1 unspecified atom stereocenters. The molecule has 3 aromatic carbocycles. The molecule has 1 aliphatic heterocycles. The van der Waals surface area contributed by atoms with Crippen molar-refractivity contribution in [1.29, 1.82) is 0 Å². The molecule has 0 aliphatic carbocycles. The average molecular weight is 371 g/mol. The van der Waals surface area contributed by atoms with E-state index >= 15 is 0 Å². The summed E-state index contributed by atoms with van der Waals surface area (Å²) in [5.41, 5.74) is 4.15. The van der Waals surface area contributed by atoms with E-state index < -0.39 is 0 Å². The zero-order chi connectivity index (χ0) is 19.3. The van der Waals surface area contributed by atoms with E-state index in [0.717, 1.165) is 29.0 Å². The Kier molecular flexibility index (Phi) is 5.20. The fourth-order valence-electron chi connectivity index (χ4n) is 3.40. The lowest BCUT2D eigenvalue weighted by Gasteiger charge is -2.10. The molecule has 140 valence electrons. The predicted octanol–water partition coefficient (Wildman–Crippen LogP) is 4.66. The summed E-state index contributed by atoms with van der Waals surface area (Å²) in [7, 11) is 1.66. The van der Waals surface area contributed by atoms with Crippen LogP contribution in [0.1, 0.15) is 33.5 Å². The Morgan fingerprint density at radius 3 is 2.46 bits per heavy atom. The van der Waals surface area contributed by atoms with Gasteiger partial charge < -0.3 is 9.57 Å². The van der Waals surface area contributed by atoms with Crippen molar-refractivity contribution in [2.24, 2.45) is 5.16 Å². The Labute approximate surface area is 164 Å². The number of hydrogen-bond acceptors (Lipinski definition) is 4. The van der Waals surface area contributed by atoms with Gasteiger partial charge >= 0.3 is 0 Å². The Hall–Kier alpha value is -3.40. The predicted molar refractivity (Wildman–Crippen MR) is 109 cm³/mol. The van der Waals surface area contributed by atoms with Gasteiger partial charge in [0.15, 0.2) is 5.78 Å². The van der Waals surface area contributed by atoms with Gasteiger partial charge in [0.1, 0.15) is 11.9 Å². The van der Waals surface area contributed by atoms with Gasteiger partial charge in [-0.05, 0) is 17.7 Å². The first-order valence-electron chi connectivity index (χ1n) is 9.29. The van der Waals surface area contributed by atoms with E-state index in [4.69, 9.17) is 9.57 Å². The number of nitrogens with zero attached hydrogens (tertiary/aromatic N) is 1. The summed E-state index contributed by atoms with van der Waals surface area (Å²) in [5.74, 6) is 0.832. The molecule has 0 spiro atoms. The number of benzene rings is 3. The largest absolute Gasteiger partial charge is 0.497 e. The van der Waals surface area contributed by atoms with E-state index in [2.05, 4.69) is 5.16 Å². The van der Waals surface area contributed by atoms with Crippen LogP contribution in [0.15, 0.2) is 84.0 Å². The maximum atomic E-state index is 12.9. The molecule has 0 saturated heterocycles. The molecular weight excluding hydrogens is 350 g/mol. The summed E-state index contributed by atoms with van der Waals surface area (Å²) >= 11 is 0. The topological polar surface area (TPSA) is 47.9 Å². The molecule has 0 amide bonds. The number of oxime groups is 1. The summed E-state index contributed by atoms with van der Waals surface area (Å²) in [5, 5.41) is 4.29. The van der Waals surface area contributed by atoms with Crippen molar-refractivity contribution in [3.8, 4) is 5.75 Å². The number of ketones is 1. The molecule has 0 saturated carbocycles. The molecule has 1 aliphatic rings. The number of ether oxygens (including phenoxy) is 1. The van der Waals surface area contributed by atoms with Crippen LogP contribution in [-0.2, 0) is 11.3 Å². The Morgan fingerprint density at radius 1 is 1.00 bits per heavy atom. The summed E-state index contributed by atoms with van der Waals surface area (Å²) in [6.45, 7) is 0. The molecule has 4 heteroatoms. The zero-order valence-electron chi connectivity index (χ0n) is 15.7. The molecule has 3 aromatic rings. The van der Waals surface area contributed by atoms with Gasteiger partial charge in [0.05, 0.1) is 12.8 Å². The molecule has 4 nitrogen and oxygen atoms in total. The normalized spacial score (nSPS) is 15.6. The molecule has 0 bridgehead atoms. The fraction of sp³-hybridized carbons (Fsp3) is 0.167. The maximum Gasteiger partial charge on any atom is 0.193 e. The second-order valence-corrected chi connectivity index (χ2v) is 6.76.